The molecule has 7 nitrogen and oxygen atoms in total. The van der Waals surface area contributed by atoms with Gasteiger partial charge in [-0.3, -0.25) is 19.6 Å². The number of carbonyl (C=O) groups excluding carboxylic acids is 2. The van der Waals surface area contributed by atoms with E-state index in [9.17, 15) is 9.59 Å². The Kier molecular flexibility index (Phi) is 5.42. The van der Waals surface area contributed by atoms with Crippen LogP contribution in [0.15, 0.2) is 12.3 Å². The molecule has 3 rings (SSSR count). The van der Waals surface area contributed by atoms with Gasteiger partial charge in [-0.2, -0.15) is 5.10 Å². The molecule has 0 aliphatic carbocycles. The lowest BCUT2D eigenvalue weighted by molar-refractivity contribution is -0.130. The molecule has 0 saturated carbocycles. The minimum Gasteiger partial charge on any atom is -0.346 e. The first kappa shape index (κ1) is 17.9. The predicted octanol–water partition coefficient (Wildman–Crippen LogP) is 1.11. The van der Waals surface area contributed by atoms with Crippen molar-refractivity contribution < 1.29 is 9.59 Å². The van der Waals surface area contributed by atoms with Gasteiger partial charge < -0.3 is 10.2 Å². The van der Waals surface area contributed by atoms with Gasteiger partial charge in [0.2, 0.25) is 5.91 Å². The van der Waals surface area contributed by atoms with Crippen molar-refractivity contribution in [2.24, 2.45) is 11.8 Å². The molecule has 2 aliphatic heterocycles. The maximum Gasteiger partial charge on any atom is 0.269 e. The molecule has 0 spiro atoms. The van der Waals surface area contributed by atoms with Gasteiger partial charge in [-0.05, 0) is 30.7 Å². The quantitative estimate of drug-likeness (QED) is 0.855. The van der Waals surface area contributed by atoms with Crippen LogP contribution in [0.3, 0.4) is 0 Å². The van der Waals surface area contributed by atoms with Crippen molar-refractivity contribution in [1.29, 1.82) is 0 Å². The number of amides is 2. The number of H-pyrrole nitrogens is 1. The van der Waals surface area contributed by atoms with Crippen LogP contribution in [-0.2, 0) is 4.79 Å². The molecule has 1 aromatic heterocycles. The molecular weight excluding hydrogens is 318 g/mol. The summed E-state index contributed by atoms with van der Waals surface area (Å²) in [6.07, 6.45) is 3.63. The van der Waals surface area contributed by atoms with E-state index in [1.807, 2.05) is 4.90 Å². The van der Waals surface area contributed by atoms with Gasteiger partial charge in [-0.15, -0.1) is 0 Å². The molecule has 2 aliphatic rings. The molecule has 2 atom stereocenters. The summed E-state index contributed by atoms with van der Waals surface area (Å²) in [6.45, 7) is 9.67. The Balaban J connectivity index is 1.61. The van der Waals surface area contributed by atoms with Crippen LogP contribution in [0.25, 0.3) is 0 Å². The first-order valence-electron chi connectivity index (χ1n) is 9.25. The molecule has 25 heavy (non-hydrogen) atoms. The molecule has 3 heterocycles. The van der Waals surface area contributed by atoms with Crippen LogP contribution in [0.5, 0.6) is 0 Å². The molecule has 2 N–H and O–H groups in total. The number of likely N-dealkylation sites (tertiary alicyclic amines) is 2. The standard InChI is InChI=1S/C18H29N5O2/c1-12(2)15-10-23(14-5-8-22(9-6-14)13(3)24)11-17(15)20-18(25)16-4-7-19-21-16/h4,7,12,14-15,17H,5-6,8-11H2,1-3H3,(H,19,21)(H,20,25). The lowest BCUT2D eigenvalue weighted by Gasteiger charge is -2.36. The first-order chi connectivity index (χ1) is 12.0. The Morgan fingerprint density at radius 2 is 2.00 bits per heavy atom. The topological polar surface area (TPSA) is 81.3 Å². The molecule has 2 unspecified atom stereocenters. The maximum atomic E-state index is 12.4. The average Bonchev–Trinajstić information content (AvgIpc) is 3.24. The molecule has 138 valence electrons. The van der Waals surface area contributed by atoms with Gasteiger partial charge >= 0.3 is 0 Å². The normalized spacial score (nSPS) is 25.5. The van der Waals surface area contributed by atoms with Crippen molar-refractivity contribution in [2.45, 2.75) is 45.7 Å². The van der Waals surface area contributed by atoms with E-state index in [2.05, 4.69) is 34.3 Å². The summed E-state index contributed by atoms with van der Waals surface area (Å²) < 4.78 is 0. The number of nitrogens with zero attached hydrogens (tertiary/aromatic N) is 3. The Hall–Kier alpha value is -1.89. The second-order valence-corrected chi connectivity index (χ2v) is 7.65. The van der Waals surface area contributed by atoms with Crippen LogP contribution in [0.1, 0.15) is 44.1 Å². The number of hydrogen-bond acceptors (Lipinski definition) is 4. The number of nitrogens with one attached hydrogen (secondary N) is 2. The van der Waals surface area contributed by atoms with Crippen LogP contribution in [0.4, 0.5) is 0 Å². The van der Waals surface area contributed by atoms with Crippen molar-refractivity contribution in [3.63, 3.8) is 0 Å². The van der Waals surface area contributed by atoms with Gasteiger partial charge in [0.1, 0.15) is 5.69 Å². The van der Waals surface area contributed by atoms with Crippen LogP contribution in [0.2, 0.25) is 0 Å². The summed E-state index contributed by atoms with van der Waals surface area (Å²) in [6, 6.07) is 2.36. The van der Waals surface area contributed by atoms with E-state index in [1.165, 1.54) is 0 Å². The number of aromatic amines is 1. The summed E-state index contributed by atoms with van der Waals surface area (Å²) in [4.78, 5) is 28.3. The highest BCUT2D eigenvalue weighted by atomic mass is 16.2. The fourth-order valence-corrected chi connectivity index (χ4v) is 4.16. The number of rotatable bonds is 4. The number of aromatic nitrogens is 2. The highest BCUT2D eigenvalue weighted by Crippen LogP contribution is 2.29. The van der Waals surface area contributed by atoms with Gasteiger partial charge in [0.15, 0.2) is 0 Å². The van der Waals surface area contributed by atoms with Gasteiger partial charge in [-0.25, -0.2) is 0 Å². The Labute approximate surface area is 149 Å². The summed E-state index contributed by atoms with van der Waals surface area (Å²) in [5, 5.41) is 9.78. The third-order valence-electron chi connectivity index (χ3n) is 5.74. The highest BCUT2D eigenvalue weighted by molar-refractivity contribution is 5.92. The summed E-state index contributed by atoms with van der Waals surface area (Å²) in [7, 11) is 0. The SMILES string of the molecule is CC(=O)N1CCC(N2CC(NC(=O)c3ccn[nH]3)C(C(C)C)C2)CC1. The molecule has 7 heteroatoms. The molecule has 2 saturated heterocycles. The maximum absolute atomic E-state index is 12.4. The fraction of sp³-hybridized carbons (Fsp3) is 0.722. The van der Waals surface area contributed by atoms with Crippen molar-refractivity contribution in [1.82, 2.24) is 25.3 Å². The lowest BCUT2D eigenvalue weighted by atomic mass is 9.91. The molecule has 2 amide bonds. The third-order valence-corrected chi connectivity index (χ3v) is 5.74. The Morgan fingerprint density at radius 3 is 2.56 bits per heavy atom. The van der Waals surface area contributed by atoms with Crippen LogP contribution < -0.4 is 5.32 Å². The van der Waals surface area contributed by atoms with Crippen LogP contribution >= 0.6 is 0 Å². The van der Waals surface area contributed by atoms with Gasteiger partial charge in [0, 0.05) is 51.4 Å². The molecule has 1 aromatic rings. The largest absolute Gasteiger partial charge is 0.346 e. The number of piperidine rings is 1. The van der Waals surface area contributed by atoms with E-state index in [-0.39, 0.29) is 17.9 Å². The van der Waals surface area contributed by atoms with E-state index in [0.29, 0.717) is 23.6 Å². The van der Waals surface area contributed by atoms with Crippen LogP contribution in [-0.4, -0.2) is 70.1 Å². The molecule has 0 radical (unpaired) electrons. The highest BCUT2D eigenvalue weighted by Gasteiger charge is 2.39. The summed E-state index contributed by atoms with van der Waals surface area (Å²) >= 11 is 0. The summed E-state index contributed by atoms with van der Waals surface area (Å²) in [5.74, 6) is 1.04. The third kappa shape index (κ3) is 4.03. The zero-order valence-electron chi connectivity index (χ0n) is 15.4. The zero-order valence-corrected chi connectivity index (χ0v) is 15.4. The van der Waals surface area contributed by atoms with Gasteiger partial charge in [0.05, 0.1) is 0 Å². The van der Waals surface area contributed by atoms with E-state index < -0.39 is 0 Å². The van der Waals surface area contributed by atoms with Crippen LogP contribution in [0, 0.1) is 11.8 Å². The lowest BCUT2D eigenvalue weighted by Crippen LogP contribution is -2.46. The summed E-state index contributed by atoms with van der Waals surface area (Å²) in [5.41, 5.74) is 0.510. The second-order valence-electron chi connectivity index (χ2n) is 7.65. The van der Waals surface area contributed by atoms with Crippen molar-refractivity contribution in [3.05, 3.63) is 18.0 Å². The minimum atomic E-state index is -0.0820. The molecule has 2 fully saturated rings. The Bertz CT molecular complexity index is 593. The van der Waals surface area contributed by atoms with E-state index in [1.54, 1.807) is 19.2 Å². The zero-order chi connectivity index (χ0) is 18.0. The number of carbonyl (C=O) groups is 2. The predicted molar refractivity (Wildman–Crippen MR) is 95.0 cm³/mol. The van der Waals surface area contributed by atoms with Gasteiger partial charge in [-0.1, -0.05) is 13.8 Å². The average molecular weight is 347 g/mol. The molecule has 0 aromatic carbocycles. The van der Waals surface area contributed by atoms with E-state index in [4.69, 9.17) is 0 Å². The second kappa shape index (κ2) is 7.56. The van der Waals surface area contributed by atoms with Crippen molar-refractivity contribution >= 4 is 11.8 Å². The van der Waals surface area contributed by atoms with Gasteiger partial charge in [0.25, 0.3) is 5.91 Å². The fourth-order valence-electron chi connectivity index (χ4n) is 4.16. The Morgan fingerprint density at radius 1 is 1.28 bits per heavy atom. The smallest absolute Gasteiger partial charge is 0.269 e. The molecular formula is C18H29N5O2. The van der Waals surface area contributed by atoms with E-state index in [0.717, 1.165) is 39.0 Å². The van der Waals surface area contributed by atoms with Crippen molar-refractivity contribution in [2.75, 3.05) is 26.2 Å². The monoisotopic (exact) mass is 347 g/mol. The number of hydrogen-bond donors (Lipinski definition) is 2. The van der Waals surface area contributed by atoms with E-state index >= 15 is 0 Å². The van der Waals surface area contributed by atoms with Crippen molar-refractivity contribution in [3.8, 4) is 0 Å². The minimum absolute atomic E-state index is 0.0820. The molecule has 0 bridgehead atoms. The first-order valence-corrected chi connectivity index (χ1v) is 9.25.